The first-order valence-electron chi connectivity index (χ1n) is 3.83. The SMILES string of the molecule is N#CCc1cc(OC(F)(F)F)ccc1Br. The molecule has 0 N–H and O–H groups in total. The van der Waals surface area contributed by atoms with Gasteiger partial charge in [0.15, 0.2) is 0 Å². The van der Waals surface area contributed by atoms with Gasteiger partial charge in [-0.15, -0.1) is 13.2 Å². The van der Waals surface area contributed by atoms with Crippen molar-refractivity contribution in [2.24, 2.45) is 0 Å². The molecule has 0 spiro atoms. The van der Waals surface area contributed by atoms with Crippen molar-refractivity contribution in [3.8, 4) is 11.8 Å². The lowest BCUT2D eigenvalue weighted by Crippen LogP contribution is -2.17. The van der Waals surface area contributed by atoms with Gasteiger partial charge in [-0.05, 0) is 23.8 Å². The highest BCUT2D eigenvalue weighted by atomic mass is 79.9. The Morgan fingerprint density at radius 1 is 1.40 bits per heavy atom. The fourth-order valence-electron chi connectivity index (χ4n) is 0.969. The summed E-state index contributed by atoms with van der Waals surface area (Å²) in [6.07, 6.45) is -4.69. The second kappa shape index (κ2) is 4.53. The van der Waals surface area contributed by atoms with Crippen LogP contribution in [-0.2, 0) is 6.42 Å². The summed E-state index contributed by atoms with van der Waals surface area (Å²) in [5.74, 6) is -0.323. The molecule has 0 amide bonds. The van der Waals surface area contributed by atoms with Crippen molar-refractivity contribution in [1.82, 2.24) is 0 Å². The van der Waals surface area contributed by atoms with E-state index in [-0.39, 0.29) is 12.2 Å². The Labute approximate surface area is 92.4 Å². The molecule has 0 bridgehead atoms. The highest BCUT2D eigenvalue weighted by molar-refractivity contribution is 9.10. The molecular weight excluding hydrogens is 275 g/mol. The molecule has 0 saturated carbocycles. The van der Waals surface area contributed by atoms with E-state index in [4.69, 9.17) is 5.26 Å². The third-order valence-electron chi connectivity index (χ3n) is 1.52. The molecule has 1 rings (SSSR count). The van der Waals surface area contributed by atoms with Gasteiger partial charge < -0.3 is 4.74 Å². The maximum absolute atomic E-state index is 11.9. The van der Waals surface area contributed by atoms with Crippen LogP contribution in [-0.4, -0.2) is 6.36 Å². The third kappa shape index (κ3) is 3.80. The number of nitrogens with zero attached hydrogens (tertiary/aromatic N) is 1. The van der Waals surface area contributed by atoms with Crippen LogP contribution in [0.15, 0.2) is 22.7 Å². The molecule has 0 aliphatic carbocycles. The highest BCUT2D eigenvalue weighted by Gasteiger charge is 2.31. The van der Waals surface area contributed by atoms with Crippen LogP contribution in [0.1, 0.15) is 5.56 Å². The van der Waals surface area contributed by atoms with Crippen molar-refractivity contribution in [2.45, 2.75) is 12.8 Å². The maximum Gasteiger partial charge on any atom is 0.573 e. The lowest BCUT2D eigenvalue weighted by atomic mass is 10.1. The third-order valence-corrected chi connectivity index (χ3v) is 2.29. The molecule has 80 valence electrons. The molecule has 0 aliphatic heterocycles. The van der Waals surface area contributed by atoms with E-state index in [1.807, 2.05) is 6.07 Å². The first-order chi connectivity index (χ1) is 6.92. The standard InChI is InChI=1S/C9H5BrF3NO/c10-8-2-1-7(15-9(11,12)13)5-6(8)3-4-14/h1-2,5H,3H2. The summed E-state index contributed by atoms with van der Waals surface area (Å²) in [6, 6.07) is 5.62. The van der Waals surface area contributed by atoms with Crippen LogP contribution in [0, 0.1) is 11.3 Å². The van der Waals surface area contributed by atoms with Gasteiger partial charge in [0.25, 0.3) is 0 Å². The van der Waals surface area contributed by atoms with Gasteiger partial charge in [0, 0.05) is 4.47 Å². The van der Waals surface area contributed by atoms with Gasteiger partial charge in [0.1, 0.15) is 5.75 Å². The van der Waals surface area contributed by atoms with E-state index in [0.717, 1.165) is 0 Å². The summed E-state index contributed by atoms with van der Waals surface area (Å²) in [5, 5.41) is 8.43. The number of ether oxygens (including phenoxy) is 1. The molecule has 0 fully saturated rings. The number of alkyl halides is 3. The quantitative estimate of drug-likeness (QED) is 0.831. The number of halogens is 4. The molecule has 0 radical (unpaired) electrons. The fourth-order valence-corrected chi connectivity index (χ4v) is 1.36. The minimum absolute atomic E-state index is 0.0235. The van der Waals surface area contributed by atoms with E-state index in [1.165, 1.54) is 18.2 Å². The lowest BCUT2D eigenvalue weighted by Gasteiger charge is -2.10. The zero-order chi connectivity index (χ0) is 11.5. The largest absolute Gasteiger partial charge is 0.573 e. The molecule has 2 nitrogen and oxygen atoms in total. The van der Waals surface area contributed by atoms with Gasteiger partial charge in [0.2, 0.25) is 0 Å². The number of benzene rings is 1. The average Bonchev–Trinajstić information content (AvgIpc) is 2.09. The van der Waals surface area contributed by atoms with Gasteiger partial charge in [-0.25, -0.2) is 0 Å². The molecule has 1 aromatic carbocycles. The molecule has 0 aromatic heterocycles. The molecule has 0 aliphatic rings. The van der Waals surface area contributed by atoms with E-state index < -0.39 is 6.36 Å². The van der Waals surface area contributed by atoms with Crippen LogP contribution in [0.5, 0.6) is 5.75 Å². The second-order valence-corrected chi connectivity index (χ2v) is 3.49. The molecule has 0 saturated heterocycles. The average molecular weight is 280 g/mol. The van der Waals surface area contributed by atoms with Crippen LogP contribution >= 0.6 is 15.9 Å². The number of hydrogen-bond donors (Lipinski definition) is 0. The number of hydrogen-bond acceptors (Lipinski definition) is 2. The van der Waals surface area contributed by atoms with Crippen molar-refractivity contribution >= 4 is 15.9 Å². The van der Waals surface area contributed by atoms with E-state index in [9.17, 15) is 13.2 Å². The topological polar surface area (TPSA) is 33.0 Å². The maximum atomic E-state index is 11.9. The minimum atomic E-state index is -4.71. The molecule has 6 heteroatoms. The summed E-state index contributed by atoms with van der Waals surface area (Å²) >= 11 is 3.12. The van der Waals surface area contributed by atoms with Gasteiger partial charge in [-0.2, -0.15) is 5.26 Å². The lowest BCUT2D eigenvalue weighted by molar-refractivity contribution is -0.274. The summed E-state index contributed by atoms with van der Waals surface area (Å²) in [6.45, 7) is 0. The Hall–Kier alpha value is -1.22. The Bertz CT molecular complexity index is 397. The van der Waals surface area contributed by atoms with Gasteiger partial charge >= 0.3 is 6.36 Å². The van der Waals surface area contributed by atoms with Gasteiger partial charge in [-0.1, -0.05) is 15.9 Å². The number of nitriles is 1. The zero-order valence-corrected chi connectivity index (χ0v) is 8.89. The molecule has 0 unspecified atom stereocenters. The van der Waals surface area contributed by atoms with Gasteiger partial charge in [-0.3, -0.25) is 0 Å². The second-order valence-electron chi connectivity index (χ2n) is 2.64. The summed E-state index contributed by atoms with van der Waals surface area (Å²) in [4.78, 5) is 0. The minimum Gasteiger partial charge on any atom is -0.406 e. The molecule has 0 atom stereocenters. The predicted molar refractivity (Wildman–Crippen MR) is 50.1 cm³/mol. The smallest absolute Gasteiger partial charge is 0.406 e. The van der Waals surface area contributed by atoms with Crippen molar-refractivity contribution in [3.05, 3.63) is 28.2 Å². The highest BCUT2D eigenvalue weighted by Crippen LogP contribution is 2.27. The first kappa shape index (κ1) is 11.9. The Morgan fingerprint density at radius 2 is 2.07 bits per heavy atom. The van der Waals surface area contributed by atoms with Crippen molar-refractivity contribution < 1.29 is 17.9 Å². The molecule has 0 heterocycles. The van der Waals surface area contributed by atoms with E-state index in [1.54, 1.807) is 0 Å². The summed E-state index contributed by atoms with van der Waals surface area (Å²) in [7, 11) is 0. The summed E-state index contributed by atoms with van der Waals surface area (Å²) < 4.78 is 39.9. The monoisotopic (exact) mass is 279 g/mol. The zero-order valence-electron chi connectivity index (χ0n) is 7.31. The van der Waals surface area contributed by atoms with Crippen LogP contribution < -0.4 is 4.74 Å². The molecule has 1 aromatic rings. The summed E-state index contributed by atoms with van der Waals surface area (Å²) in [5.41, 5.74) is 0.458. The van der Waals surface area contributed by atoms with Crippen molar-refractivity contribution in [3.63, 3.8) is 0 Å². The van der Waals surface area contributed by atoms with E-state index in [0.29, 0.717) is 10.0 Å². The molecule has 15 heavy (non-hydrogen) atoms. The first-order valence-corrected chi connectivity index (χ1v) is 4.63. The van der Waals surface area contributed by atoms with Crippen LogP contribution in [0.3, 0.4) is 0 Å². The van der Waals surface area contributed by atoms with Crippen LogP contribution in [0.4, 0.5) is 13.2 Å². The fraction of sp³-hybridized carbons (Fsp3) is 0.222. The predicted octanol–water partition coefficient (Wildman–Crippen LogP) is 3.41. The number of rotatable bonds is 2. The molecular formula is C9H5BrF3NO. The Kier molecular flexibility index (Phi) is 3.58. The van der Waals surface area contributed by atoms with E-state index >= 15 is 0 Å². The van der Waals surface area contributed by atoms with Gasteiger partial charge in [0.05, 0.1) is 12.5 Å². The van der Waals surface area contributed by atoms with Crippen molar-refractivity contribution in [1.29, 1.82) is 5.26 Å². The normalized spacial score (nSPS) is 10.9. The Morgan fingerprint density at radius 3 is 2.60 bits per heavy atom. The Balaban J connectivity index is 2.93. The van der Waals surface area contributed by atoms with Crippen LogP contribution in [0.25, 0.3) is 0 Å². The van der Waals surface area contributed by atoms with E-state index in [2.05, 4.69) is 20.7 Å². The van der Waals surface area contributed by atoms with Crippen molar-refractivity contribution in [2.75, 3.05) is 0 Å². The van der Waals surface area contributed by atoms with Crippen LogP contribution in [0.2, 0.25) is 0 Å².